The van der Waals surface area contributed by atoms with Crippen molar-refractivity contribution in [1.29, 1.82) is 0 Å². The quantitative estimate of drug-likeness (QED) is 0.456. The number of hydrogen-bond donors (Lipinski definition) is 1. The van der Waals surface area contributed by atoms with E-state index < -0.39 is 45.7 Å². The number of ether oxygens (including phenoxy) is 1. The van der Waals surface area contributed by atoms with Gasteiger partial charge in [-0.3, -0.25) is 4.55 Å². The lowest BCUT2D eigenvalue weighted by molar-refractivity contribution is -0.368. The van der Waals surface area contributed by atoms with E-state index in [0.29, 0.717) is 12.8 Å². The maximum absolute atomic E-state index is 13.2. The average Bonchev–Trinajstić information content (AvgIpc) is 2.95. The molecule has 0 radical (unpaired) electrons. The Morgan fingerprint density at radius 3 is 1.92 bits per heavy atom. The average molecular weight is 384 g/mol. The van der Waals surface area contributed by atoms with Crippen molar-refractivity contribution < 1.29 is 48.8 Å². The zero-order valence-corrected chi connectivity index (χ0v) is 12.8. The molecule has 0 amide bonds. The largest absolute Gasteiger partial charge is 0.453 e. The van der Waals surface area contributed by atoms with Gasteiger partial charge in [-0.2, -0.15) is 34.8 Å². The molecule has 5 nitrogen and oxygen atoms in total. The van der Waals surface area contributed by atoms with Crippen LogP contribution in [-0.2, 0) is 14.9 Å². The second kappa shape index (κ2) is 5.75. The van der Waals surface area contributed by atoms with Crippen LogP contribution in [0.2, 0.25) is 0 Å². The minimum atomic E-state index is -6.09. The standard InChI is InChI=1S/C12H14F6O5S/c13-11(14,15)10(12(16,17)18,23-9(19)24(20,21)22)5-8-4-6-1-2-7(8)3-6/h6-8H,1-5H2,(H,20,21,22). The topological polar surface area (TPSA) is 80.7 Å². The van der Waals surface area contributed by atoms with Crippen molar-refractivity contribution in [1.82, 2.24) is 0 Å². The van der Waals surface area contributed by atoms with E-state index in [9.17, 15) is 39.6 Å². The van der Waals surface area contributed by atoms with Gasteiger partial charge >= 0.3 is 33.4 Å². The summed E-state index contributed by atoms with van der Waals surface area (Å²) in [7, 11) is -5.86. The predicted molar refractivity (Wildman–Crippen MR) is 66.4 cm³/mol. The Bertz CT molecular complexity index is 596. The molecule has 3 unspecified atom stereocenters. The smallest absolute Gasteiger partial charge is 0.426 e. The zero-order chi connectivity index (χ0) is 18.6. The van der Waals surface area contributed by atoms with E-state index in [1.165, 1.54) is 0 Å². The summed E-state index contributed by atoms with van der Waals surface area (Å²) in [5.74, 6) is -1.33. The molecule has 140 valence electrons. The number of fused-ring (bicyclic) bond motifs is 2. The van der Waals surface area contributed by atoms with Gasteiger partial charge in [0, 0.05) is 6.42 Å². The maximum atomic E-state index is 13.2. The van der Waals surface area contributed by atoms with Gasteiger partial charge in [-0.25, -0.2) is 4.79 Å². The second-order valence-electron chi connectivity index (χ2n) is 6.29. The van der Waals surface area contributed by atoms with E-state index in [0.717, 1.165) is 6.42 Å². The summed E-state index contributed by atoms with van der Waals surface area (Å²) in [5.41, 5.74) is -4.97. The number of carbonyl (C=O) groups excluding carboxylic acids is 1. The fraction of sp³-hybridized carbons (Fsp3) is 0.917. The first-order chi connectivity index (χ1) is 10.7. The maximum Gasteiger partial charge on any atom is 0.453 e. The minimum Gasteiger partial charge on any atom is -0.426 e. The summed E-state index contributed by atoms with van der Waals surface area (Å²) in [5, 5.41) is -2.97. The molecule has 0 aromatic heterocycles. The fourth-order valence-electron chi connectivity index (χ4n) is 3.74. The van der Waals surface area contributed by atoms with Gasteiger partial charge in [-0.15, -0.1) is 0 Å². The highest BCUT2D eigenvalue weighted by Gasteiger charge is 2.75. The van der Waals surface area contributed by atoms with Crippen LogP contribution in [0.15, 0.2) is 0 Å². The Hall–Kier alpha value is -1.04. The fourth-order valence-corrected chi connectivity index (χ4v) is 3.99. The molecule has 24 heavy (non-hydrogen) atoms. The van der Waals surface area contributed by atoms with Gasteiger partial charge in [0.2, 0.25) is 0 Å². The highest BCUT2D eigenvalue weighted by molar-refractivity contribution is 8.00. The molecular formula is C12H14F6O5S. The van der Waals surface area contributed by atoms with Gasteiger partial charge < -0.3 is 4.74 Å². The molecule has 0 aromatic carbocycles. The number of alkyl halides is 6. The first kappa shape index (κ1) is 19.3. The molecule has 0 aromatic rings. The van der Waals surface area contributed by atoms with Gasteiger partial charge in [-0.05, 0) is 37.0 Å². The van der Waals surface area contributed by atoms with E-state index in [1.807, 2.05) is 0 Å². The molecule has 3 atom stereocenters. The molecule has 0 spiro atoms. The minimum absolute atomic E-state index is 0.0245. The van der Waals surface area contributed by atoms with Crippen LogP contribution in [0.5, 0.6) is 0 Å². The highest BCUT2D eigenvalue weighted by Crippen LogP contribution is 2.56. The molecule has 0 saturated heterocycles. The lowest BCUT2D eigenvalue weighted by Gasteiger charge is -2.39. The van der Waals surface area contributed by atoms with E-state index in [2.05, 4.69) is 4.74 Å². The first-order valence-corrected chi connectivity index (χ1v) is 8.45. The number of hydrogen-bond acceptors (Lipinski definition) is 4. The van der Waals surface area contributed by atoms with Gasteiger partial charge in [0.15, 0.2) is 0 Å². The van der Waals surface area contributed by atoms with E-state index in [4.69, 9.17) is 4.55 Å². The molecule has 1 N–H and O–H groups in total. The molecule has 0 heterocycles. The monoisotopic (exact) mass is 384 g/mol. The lowest BCUT2D eigenvalue weighted by atomic mass is 9.79. The summed E-state index contributed by atoms with van der Waals surface area (Å²) in [4.78, 5) is 11.0. The zero-order valence-electron chi connectivity index (χ0n) is 12.0. The number of carbonyl (C=O) groups is 1. The van der Waals surface area contributed by atoms with Crippen molar-refractivity contribution in [2.24, 2.45) is 17.8 Å². The van der Waals surface area contributed by atoms with E-state index in [-0.39, 0.29) is 18.3 Å². The van der Waals surface area contributed by atoms with Gasteiger partial charge in [0.1, 0.15) is 0 Å². The van der Waals surface area contributed by atoms with Crippen LogP contribution >= 0.6 is 0 Å². The third kappa shape index (κ3) is 3.35. The summed E-state index contributed by atoms with van der Waals surface area (Å²) >= 11 is 0. The van der Waals surface area contributed by atoms with Crippen LogP contribution in [-0.4, -0.2) is 36.2 Å². The number of halogens is 6. The van der Waals surface area contributed by atoms with E-state index in [1.54, 1.807) is 0 Å². The molecule has 2 aliphatic rings. The van der Waals surface area contributed by atoms with Crippen LogP contribution in [0.25, 0.3) is 0 Å². The predicted octanol–water partition coefficient (Wildman–Crippen LogP) is 3.70. The number of rotatable bonds is 3. The Morgan fingerprint density at radius 2 is 1.58 bits per heavy atom. The summed E-state index contributed by atoms with van der Waals surface area (Å²) in [6.07, 6.45) is -12.0. The molecule has 2 saturated carbocycles. The van der Waals surface area contributed by atoms with Gasteiger partial charge in [0.25, 0.3) is 0 Å². The lowest BCUT2D eigenvalue weighted by Crippen LogP contribution is -2.61. The first-order valence-electron chi connectivity index (χ1n) is 7.01. The molecule has 2 bridgehead atoms. The van der Waals surface area contributed by atoms with Crippen molar-refractivity contribution in [3.8, 4) is 0 Å². The van der Waals surface area contributed by atoms with Crippen LogP contribution in [0, 0.1) is 17.8 Å². The van der Waals surface area contributed by atoms with Crippen LogP contribution in [0.4, 0.5) is 31.1 Å². The third-order valence-electron chi connectivity index (χ3n) is 4.82. The Labute approximate surface area is 133 Å². The molecule has 2 aliphatic carbocycles. The van der Waals surface area contributed by atoms with E-state index >= 15 is 0 Å². The van der Waals surface area contributed by atoms with Crippen LogP contribution in [0.3, 0.4) is 0 Å². The molecular weight excluding hydrogens is 370 g/mol. The second-order valence-corrected chi connectivity index (χ2v) is 7.57. The Morgan fingerprint density at radius 1 is 1.04 bits per heavy atom. The van der Waals surface area contributed by atoms with Crippen molar-refractivity contribution >= 4 is 15.4 Å². The molecule has 0 aliphatic heterocycles. The van der Waals surface area contributed by atoms with Crippen molar-refractivity contribution in [3.63, 3.8) is 0 Å². The van der Waals surface area contributed by atoms with Crippen molar-refractivity contribution in [2.45, 2.75) is 50.1 Å². The third-order valence-corrected chi connectivity index (χ3v) is 5.32. The molecule has 2 fully saturated rings. The molecule has 2 rings (SSSR count). The summed E-state index contributed by atoms with van der Waals surface area (Å²) in [6, 6.07) is 0. The Balaban J connectivity index is 2.40. The van der Waals surface area contributed by atoms with Gasteiger partial charge in [-0.1, -0.05) is 6.42 Å². The highest BCUT2D eigenvalue weighted by atomic mass is 32.2. The normalized spacial score (nSPS) is 28.2. The molecule has 12 heteroatoms. The van der Waals surface area contributed by atoms with Crippen molar-refractivity contribution in [2.75, 3.05) is 0 Å². The van der Waals surface area contributed by atoms with Crippen LogP contribution in [0.1, 0.15) is 32.1 Å². The van der Waals surface area contributed by atoms with Crippen LogP contribution < -0.4 is 0 Å². The SMILES string of the molecule is O=C(OC(CC1CC2CCC1C2)(C(F)(F)F)C(F)(F)F)S(=O)(=O)O. The Kier molecular flexibility index (Phi) is 4.62. The van der Waals surface area contributed by atoms with Crippen molar-refractivity contribution in [3.05, 3.63) is 0 Å². The summed E-state index contributed by atoms with van der Waals surface area (Å²) in [6.45, 7) is 0. The van der Waals surface area contributed by atoms with Gasteiger partial charge in [0.05, 0.1) is 0 Å². The summed E-state index contributed by atoms with van der Waals surface area (Å²) < 4.78 is 112.